The molecule has 0 aliphatic heterocycles. The molecule has 1 N–H and O–H groups in total. The fourth-order valence-corrected chi connectivity index (χ4v) is 3.45. The van der Waals surface area contributed by atoms with Crippen molar-refractivity contribution in [1.82, 2.24) is 20.0 Å². The van der Waals surface area contributed by atoms with E-state index in [1.54, 1.807) is 24.4 Å². The molecule has 0 unspecified atom stereocenters. The smallest absolute Gasteiger partial charge is 0.375 e. The molecule has 4 aromatic rings. The molecule has 0 radical (unpaired) electrons. The van der Waals surface area contributed by atoms with E-state index < -0.39 is 23.9 Å². The Morgan fingerprint density at radius 2 is 1.77 bits per heavy atom. The lowest BCUT2D eigenvalue weighted by molar-refractivity contribution is -0.269. The number of fused-ring (bicyclic) bond motifs is 1. The molecule has 9 heteroatoms. The van der Waals surface area contributed by atoms with Crippen LogP contribution in [-0.4, -0.2) is 31.3 Å². The zero-order valence-corrected chi connectivity index (χ0v) is 16.4. The monoisotopic (exact) mass is 430 g/mol. The van der Waals surface area contributed by atoms with Gasteiger partial charge in [0.2, 0.25) is 5.60 Å². The van der Waals surface area contributed by atoms with E-state index in [0.717, 1.165) is 28.3 Å². The third kappa shape index (κ3) is 3.88. The second-order valence-corrected chi connectivity index (χ2v) is 7.23. The van der Waals surface area contributed by atoms with Crippen molar-refractivity contribution in [2.45, 2.75) is 31.7 Å². The van der Waals surface area contributed by atoms with Gasteiger partial charge in [0.1, 0.15) is 11.5 Å². The lowest BCUT2D eigenvalue weighted by atomic mass is 9.96. The summed E-state index contributed by atoms with van der Waals surface area (Å²) >= 11 is 0. The van der Waals surface area contributed by atoms with Gasteiger partial charge in [0, 0.05) is 11.6 Å². The Morgan fingerprint density at radius 3 is 2.45 bits per heavy atom. The zero-order valence-electron chi connectivity index (χ0n) is 16.4. The first kappa shape index (κ1) is 20.9. The fraction of sp³-hybridized carbons (Fsp3) is 0.227. The van der Waals surface area contributed by atoms with Crippen LogP contribution < -0.4 is 0 Å². The number of aliphatic hydroxyl groups is 1. The van der Waals surface area contributed by atoms with Crippen molar-refractivity contribution >= 4 is 10.9 Å². The molecule has 31 heavy (non-hydrogen) atoms. The summed E-state index contributed by atoms with van der Waals surface area (Å²) in [6.45, 7) is 1.39. The first-order chi connectivity index (χ1) is 14.7. The minimum Gasteiger partial charge on any atom is -0.375 e. The second-order valence-electron chi connectivity index (χ2n) is 7.23. The number of halogens is 4. The topological polar surface area (TPSA) is 63.8 Å². The predicted molar refractivity (Wildman–Crippen MR) is 107 cm³/mol. The van der Waals surface area contributed by atoms with E-state index >= 15 is 0 Å². The van der Waals surface area contributed by atoms with Gasteiger partial charge in [-0.25, -0.2) is 9.07 Å². The molecule has 0 bridgehead atoms. The minimum atomic E-state index is -4.85. The van der Waals surface area contributed by atoms with Crippen LogP contribution in [0.2, 0.25) is 0 Å². The first-order valence-corrected chi connectivity index (χ1v) is 9.54. The number of alkyl halides is 3. The minimum absolute atomic E-state index is 0.156. The number of rotatable bonds is 5. The van der Waals surface area contributed by atoms with Gasteiger partial charge in [-0.1, -0.05) is 36.4 Å². The quantitative estimate of drug-likeness (QED) is 0.460. The number of hydrogen-bond acceptors (Lipinski definition) is 4. The average molecular weight is 430 g/mol. The van der Waals surface area contributed by atoms with Crippen molar-refractivity contribution in [3.05, 3.63) is 78.0 Å². The van der Waals surface area contributed by atoms with E-state index in [0.29, 0.717) is 5.52 Å². The van der Waals surface area contributed by atoms with Crippen LogP contribution in [0.25, 0.3) is 22.0 Å². The lowest BCUT2D eigenvalue weighted by Crippen LogP contribution is -2.42. The van der Waals surface area contributed by atoms with Crippen molar-refractivity contribution in [2.24, 2.45) is 0 Å². The summed E-state index contributed by atoms with van der Waals surface area (Å²) in [5.41, 5.74) is -0.425. The van der Waals surface area contributed by atoms with Gasteiger partial charge in [-0.05, 0) is 47.4 Å². The Labute approximate surface area is 175 Å². The van der Waals surface area contributed by atoms with Crippen LogP contribution in [0.4, 0.5) is 17.6 Å². The number of hydrogen-bond donors (Lipinski definition) is 1. The molecule has 0 aliphatic carbocycles. The van der Waals surface area contributed by atoms with Crippen molar-refractivity contribution in [3.63, 3.8) is 0 Å². The molecule has 5 nitrogen and oxygen atoms in total. The molecule has 1 atom stereocenters. The van der Waals surface area contributed by atoms with Crippen LogP contribution in [-0.2, 0) is 12.1 Å². The third-order valence-electron chi connectivity index (χ3n) is 5.25. The molecule has 0 amide bonds. The highest BCUT2D eigenvalue weighted by Crippen LogP contribution is 2.40. The molecule has 0 spiro atoms. The van der Waals surface area contributed by atoms with Gasteiger partial charge in [-0.3, -0.25) is 4.98 Å². The number of nitrogens with zero attached hydrogens (tertiary/aromatic N) is 4. The van der Waals surface area contributed by atoms with Crippen molar-refractivity contribution < 1.29 is 22.7 Å². The second kappa shape index (κ2) is 7.73. The van der Waals surface area contributed by atoms with Crippen LogP contribution in [0, 0.1) is 5.82 Å². The summed E-state index contributed by atoms with van der Waals surface area (Å²) in [5.74, 6) is -0.322. The van der Waals surface area contributed by atoms with Crippen LogP contribution in [0.3, 0.4) is 0 Å². The van der Waals surface area contributed by atoms with E-state index in [4.69, 9.17) is 0 Å². The molecule has 4 rings (SSSR count). The highest BCUT2D eigenvalue weighted by Gasteiger charge is 2.55. The summed E-state index contributed by atoms with van der Waals surface area (Å²) in [7, 11) is 0. The van der Waals surface area contributed by atoms with Crippen LogP contribution in [0.5, 0.6) is 0 Å². The maximum absolute atomic E-state index is 13.2. The van der Waals surface area contributed by atoms with E-state index in [1.807, 2.05) is 18.2 Å². The number of pyridine rings is 1. The summed E-state index contributed by atoms with van der Waals surface area (Å²) in [6.07, 6.45) is -2.68. The Balaban J connectivity index is 1.64. The van der Waals surface area contributed by atoms with Crippen LogP contribution in [0.1, 0.15) is 24.6 Å². The van der Waals surface area contributed by atoms with Gasteiger partial charge in [-0.2, -0.15) is 13.2 Å². The Kier molecular flexibility index (Phi) is 5.22. The molecular weight excluding hydrogens is 412 g/mol. The highest BCUT2D eigenvalue weighted by atomic mass is 19.4. The Hall–Kier alpha value is -3.33. The molecule has 0 saturated carbocycles. The molecule has 2 aromatic heterocycles. The average Bonchev–Trinajstić information content (AvgIpc) is 3.21. The van der Waals surface area contributed by atoms with E-state index in [2.05, 4.69) is 15.3 Å². The van der Waals surface area contributed by atoms with Crippen molar-refractivity contribution in [1.29, 1.82) is 0 Å². The summed E-state index contributed by atoms with van der Waals surface area (Å²) in [5, 5.41) is 18.2. The molecular formula is C22H18F4N4O. The number of benzene rings is 2. The zero-order chi connectivity index (χ0) is 22.2. The van der Waals surface area contributed by atoms with Gasteiger partial charge in [-0.15, -0.1) is 5.10 Å². The number of aromatic nitrogens is 4. The molecule has 2 heterocycles. The van der Waals surface area contributed by atoms with Gasteiger partial charge in [0.15, 0.2) is 0 Å². The molecule has 2 aromatic carbocycles. The predicted octanol–water partition coefficient (Wildman–Crippen LogP) is 4.84. The van der Waals surface area contributed by atoms with E-state index in [-0.39, 0.29) is 12.4 Å². The highest BCUT2D eigenvalue weighted by molar-refractivity contribution is 5.94. The SMILES string of the molecule is CC[C@@](O)(c1cn(Cc2ccc3c(-c4ccc(F)cc4)ccnc3c2)nn1)C(F)(F)F. The summed E-state index contributed by atoms with van der Waals surface area (Å²) in [4.78, 5) is 4.37. The van der Waals surface area contributed by atoms with Crippen molar-refractivity contribution in [3.8, 4) is 11.1 Å². The van der Waals surface area contributed by atoms with E-state index in [9.17, 15) is 22.7 Å². The van der Waals surface area contributed by atoms with Crippen molar-refractivity contribution in [2.75, 3.05) is 0 Å². The largest absolute Gasteiger partial charge is 0.423 e. The van der Waals surface area contributed by atoms with Crippen LogP contribution in [0.15, 0.2) is 60.9 Å². The summed E-state index contributed by atoms with van der Waals surface area (Å²) in [6, 6.07) is 13.4. The fourth-order valence-electron chi connectivity index (χ4n) is 3.45. The lowest BCUT2D eigenvalue weighted by Gasteiger charge is -2.26. The maximum Gasteiger partial charge on any atom is 0.423 e. The standard InChI is InChI=1S/C22H18F4N4O/c1-2-21(31,22(24,25)26)20-13-30(29-28-20)12-14-3-8-18-17(9-10-27-19(18)11-14)15-4-6-16(23)7-5-15/h3-11,13,31H,2,12H2,1H3/t21-/m1/s1. The van der Waals surface area contributed by atoms with Crippen LogP contribution >= 0.6 is 0 Å². The molecule has 160 valence electrons. The molecule has 0 saturated heterocycles. The Bertz CT molecular complexity index is 1220. The maximum atomic E-state index is 13.2. The first-order valence-electron chi connectivity index (χ1n) is 9.54. The van der Waals surface area contributed by atoms with Gasteiger partial charge >= 0.3 is 6.18 Å². The van der Waals surface area contributed by atoms with Gasteiger partial charge in [0.05, 0.1) is 18.3 Å². The third-order valence-corrected chi connectivity index (χ3v) is 5.25. The molecule has 0 aliphatic rings. The Morgan fingerprint density at radius 1 is 1.03 bits per heavy atom. The summed E-state index contributed by atoms with van der Waals surface area (Å²) < 4.78 is 54.2. The van der Waals surface area contributed by atoms with Gasteiger partial charge < -0.3 is 5.11 Å². The van der Waals surface area contributed by atoms with Gasteiger partial charge in [0.25, 0.3) is 0 Å². The normalized spacial score (nSPS) is 14.0. The van der Waals surface area contributed by atoms with E-state index in [1.165, 1.54) is 23.7 Å². The molecule has 0 fully saturated rings.